The van der Waals surface area contributed by atoms with Gasteiger partial charge in [0.25, 0.3) is 6.01 Å². The van der Waals surface area contributed by atoms with E-state index in [4.69, 9.17) is 10.2 Å². The quantitative estimate of drug-likeness (QED) is 0.678. The third-order valence-corrected chi connectivity index (χ3v) is 1.52. The van der Waals surface area contributed by atoms with E-state index in [1.165, 1.54) is 12.8 Å². The Bertz CT molecular complexity index is 219. The van der Waals surface area contributed by atoms with Gasteiger partial charge in [-0.1, -0.05) is 0 Å². The average molecular weight is 161 g/mol. The normalized spacial score (nSPS) is 16.4. The van der Waals surface area contributed by atoms with Gasteiger partial charge in [0.1, 0.15) is 5.76 Å². The minimum atomic E-state index is 0. The number of oxazole rings is 1. The van der Waals surface area contributed by atoms with Crippen LogP contribution in [-0.2, 0) is 0 Å². The Kier molecular flexibility index (Phi) is 1.85. The molecule has 0 aliphatic heterocycles. The molecule has 1 fully saturated rings. The van der Waals surface area contributed by atoms with E-state index in [9.17, 15) is 0 Å². The van der Waals surface area contributed by atoms with Crippen molar-refractivity contribution in [3.05, 3.63) is 12.0 Å². The molecule has 1 heterocycles. The lowest BCUT2D eigenvalue weighted by Gasteiger charge is -1.83. The smallest absolute Gasteiger partial charge is 0.292 e. The Morgan fingerprint density at radius 1 is 1.60 bits per heavy atom. The van der Waals surface area contributed by atoms with Crippen LogP contribution in [0.2, 0.25) is 0 Å². The van der Waals surface area contributed by atoms with Crippen molar-refractivity contribution >= 4 is 18.4 Å². The van der Waals surface area contributed by atoms with Crippen LogP contribution in [0.3, 0.4) is 0 Å². The van der Waals surface area contributed by atoms with E-state index in [1.54, 1.807) is 6.20 Å². The number of anilines is 1. The highest BCUT2D eigenvalue weighted by molar-refractivity contribution is 5.85. The van der Waals surface area contributed by atoms with Gasteiger partial charge in [-0.25, -0.2) is 4.98 Å². The molecule has 1 aromatic rings. The molecule has 1 saturated carbocycles. The summed E-state index contributed by atoms with van der Waals surface area (Å²) in [6, 6.07) is 0.289. The molecule has 0 spiro atoms. The van der Waals surface area contributed by atoms with Gasteiger partial charge in [0, 0.05) is 5.92 Å². The largest absolute Gasteiger partial charge is 0.429 e. The first-order valence-corrected chi connectivity index (χ1v) is 3.07. The van der Waals surface area contributed by atoms with Crippen molar-refractivity contribution in [3.63, 3.8) is 0 Å². The second kappa shape index (κ2) is 2.50. The second-order valence-corrected chi connectivity index (χ2v) is 2.38. The lowest BCUT2D eigenvalue weighted by Crippen LogP contribution is -1.80. The number of nitrogen functional groups attached to an aromatic ring is 1. The first-order valence-electron chi connectivity index (χ1n) is 3.07. The third-order valence-electron chi connectivity index (χ3n) is 1.52. The van der Waals surface area contributed by atoms with Crippen LogP contribution in [0.25, 0.3) is 0 Å². The minimum absolute atomic E-state index is 0. The van der Waals surface area contributed by atoms with Crippen LogP contribution < -0.4 is 5.73 Å². The molecule has 0 aromatic carbocycles. The van der Waals surface area contributed by atoms with Crippen LogP contribution in [0.15, 0.2) is 10.6 Å². The van der Waals surface area contributed by atoms with Crippen LogP contribution in [0, 0.1) is 0 Å². The van der Waals surface area contributed by atoms with Crippen LogP contribution in [-0.4, -0.2) is 4.98 Å². The molecule has 3 nitrogen and oxygen atoms in total. The molecule has 0 atom stereocenters. The van der Waals surface area contributed by atoms with Crippen molar-refractivity contribution in [2.45, 2.75) is 18.8 Å². The van der Waals surface area contributed by atoms with Crippen LogP contribution in [0.5, 0.6) is 0 Å². The standard InChI is InChI=1S/C6H8N2O.ClH/c7-6-8-3-5(9-6)4-1-2-4;/h3-4H,1-2H2,(H2,7,8);1H. The molecule has 4 heteroatoms. The summed E-state index contributed by atoms with van der Waals surface area (Å²) in [4.78, 5) is 3.79. The molecule has 0 saturated heterocycles. The number of nitrogens with zero attached hydrogens (tertiary/aromatic N) is 1. The molecular formula is C6H9ClN2O. The van der Waals surface area contributed by atoms with E-state index in [0.29, 0.717) is 5.92 Å². The lowest BCUT2D eigenvalue weighted by atomic mass is 10.3. The molecule has 0 bridgehead atoms. The number of nitrogens with two attached hydrogens (primary N) is 1. The summed E-state index contributed by atoms with van der Waals surface area (Å²) in [6.07, 6.45) is 4.18. The van der Waals surface area contributed by atoms with E-state index in [-0.39, 0.29) is 18.4 Å². The second-order valence-electron chi connectivity index (χ2n) is 2.38. The molecular weight excluding hydrogens is 152 g/mol. The van der Waals surface area contributed by atoms with E-state index in [0.717, 1.165) is 5.76 Å². The van der Waals surface area contributed by atoms with Crippen molar-refractivity contribution in [2.24, 2.45) is 0 Å². The fourth-order valence-electron chi connectivity index (χ4n) is 0.857. The molecule has 1 aliphatic carbocycles. The summed E-state index contributed by atoms with van der Waals surface area (Å²) < 4.78 is 5.07. The zero-order valence-electron chi connectivity index (χ0n) is 5.41. The van der Waals surface area contributed by atoms with Crippen LogP contribution in [0.1, 0.15) is 24.5 Å². The number of halogens is 1. The summed E-state index contributed by atoms with van der Waals surface area (Å²) >= 11 is 0. The van der Waals surface area contributed by atoms with Gasteiger partial charge in [-0.15, -0.1) is 12.4 Å². The highest BCUT2D eigenvalue weighted by Gasteiger charge is 2.26. The summed E-state index contributed by atoms with van der Waals surface area (Å²) in [5.41, 5.74) is 5.27. The average Bonchev–Trinajstić information content (AvgIpc) is 2.58. The number of hydrogen-bond acceptors (Lipinski definition) is 3. The Labute approximate surface area is 65.0 Å². The van der Waals surface area contributed by atoms with Crippen molar-refractivity contribution < 1.29 is 4.42 Å². The number of aromatic nitrogens is 1. The molecule has 56 valence electrons. The van der Waals surface area contributed by atoms with Gasteiger partial charge >= 0.3 is 0 Å². The zero-order valence-corrected chi connectivity index (χ0v) is 6.23. The molecule has 1 aromatic heterocycles. The highest BCUT2D eigenvalue weighted by Crippen LogP contribution is 2.40. The number of hydrogen-bond donors (Lipinski definition) is 1. The SMILES string of the molecule is Cl.Nc1ncc(C2CC2)o1. The summed E-state index contributed by atoms with van der Waals surface area (Å²) in [5, 5.41) is 0. The summed E-state index contributed by atoms with van der Waals surface area (Å²) in [5.74, 6) is 1.57. The van der Waals surface area contributed by atoms with Gasteiger partial charge in [0.05, 0.1) is 6.20 Å². The maximum Gasteiger partial charge on any atom is 0.292 e. The topological polar surface area (TPSA) is 52.0 Å². The Morgan fingerprint density at radius 3 is 2.70 bits per heavy atom. The zero-order chi connectivity index (χ0) is 6.27. The third kappa shape index (κ3) is 1.24. The van der Waals surface area contributed by atoms with Crippen molar-refractivity contribution in [1.82, 2.24) is 4.98 Å². The minimum Gasteiger partial charge on any atom is -0.429 e. The van der Waals surface area contributed by atoms with Gasteiger partial charge in [0.2, 0.25) is 0 Å². The Balaban J connectivity index is 0.000000500. The maximum atomic E-state index is 5.27. The first-order chi connectivity index (χ1) is 4.36. The summed E-state index contributed by atoms with van der Waals surface area (Å²) in [6.45, 7) is 0. The van der Waals surface area contributed by atoms with E-state index >= 15 is 0 Å². The lowest BCUT2D eigenvalue weighted by molar-refractivity contribution is 0.525. The molecule has 2 rings (SSSR count). The van der Waals surface area contributed by atoms with Crippen LogP contribution >= 0.6 is 12.4 Å². The Morgan fingerprint density at radius 2 is 2.30 bits per heavy atom. The fraction of sp³-hybridized carbons (Fsp3) is 0.500. The maximum absolute atomic E-state index is 5.27. The van der Waals surface area contributed by atoms with Gasteiger partial charge in [-0.3, -0.25) is 0 Å². The van der Waals surface area contributed by atoms with Gasteiger partial charge in [-0.05, 0) is 12.8 Å². The molecule has 0 radical (unpaired) electrons. The van der Waals surface area contributed by atoms with Gasteiger partial charge in [0.15, 0.2) is 0 Å². The summed E-state index contributed by atoms with van der Waals surface area (Å²) in [7, 11) is 0. The molecule has 0 amide bonds. The van der Waals surface area contributed by atoms with Gasteiger partial charge < -0.3 is 10.2 Å². The molecule has 1 aliphatic rings. The molecule has 10 heavy (non-hydrogen) atoms. The van der Waals surface area contributed by atoms with E-state index < -0.39 is 0 Å². The predicted octanol–water partition coefficient (Wildman–Crippen LogP) is 1.56. The first kappa shape index (κ1) is 7.41. The van der Waals surface area contributed by atoms with Crippen LogP contribution in [0.4, 0.5) is 6.01 Å². The van der Waals surface area contributed by atoms with Crippen molar-refractivity contribution in [2.75, 3.05) is 5.73 Å². The van der Waals surface area contributed by atoms with E-state index in [2.05, 4.69) is 4.98 Å². The predicted molar refractivity (Wildman–Crippen MR) is 40.1 cm³/mol. The molecule has 2 N–H and O–H groups in total. The van der Waals surface area contributed by atoms with Crippen molar-refractivity contribution in [1.29, 1.82) is 0 Å². The fourth-order valence-corrected chi connectivity index (χ4v) is 0.857. The highest BCUT2D eigenvalue weighted by atomic mass is 35.5. The molecule has 0 unspecified atom stereocenters. The monoisotopic (exact) mass is 160 g/mol. The van der Waals surface area contributed by atoms with Crippen molar-refractivity contribution in [3.8, 4) is 0 Å². The van der Waals surface area contributed by atoms with Gasteiger partial charge in [-0.2, -0.15) is 0 Å². The van der Waals surface area contributed by atoms with E-state index in [1.807, 2.05) is 0 Å². The Hall–Kier alpha value is -0.700. The number of rotatable bonds is 1.